The molecule has 0 fully saturated rings. The van der Waals surface area contributed by atoms with Crippen molar-refractivity contribution in [3.63, 3.8) is 0 Å². The normalized spacial score (nSPS) is 15.2. The lowest BCUT2D eigenvalue weighted by atomic mass is 10.0. The van der Waals surface area contributed by atoms with Crippen molar-refractivity contribution >= 4 is 47.0 Å². The predicted molar refractivity (Wildman–Crippen MR) is 133 cm³/mol. The molecule has 9 heteroatoms. The van der Waals surface area contributed by atoms with Crippen LogP contribution in [0.15, 0.2) is 71.0 Å². The fraction of sp³-hybridized carbons (Fsp3) is 0.227. The number of aliphatic imine (C=N–C) groups is 1. The molecule has 4 rings (SSSR count). The van der Waals surface area contributed by atoms with Gasteiger partial charge in [0, 0.05) is 29.0 Å². The van der Waals surface area contributed by atoms with E-state index in [1.54, 1.807) is 23.5 Å². The van der Waals surface area contributed by atoms with Crippen LogP contribution in [0.5, 0.6) is 5.75 Å². The first-order chi connectivity index (χ1) is 14.7. The molecule has 0 saturated heterocycles. The zero-order chi connectivity index (χ0) is 20.8. The van der Waals surface area contributed by atoms with E-state index < -0.39 is 4.92 Å². The van der Waals surface area contributed by atoms with E-state index in [0.717, 1.165) is 23.3 Å². The van der Waals surface area contributed by atoms with Crippen molar-refractivity contribution in [2.45, 2.75) is 25.6 Å². The average Bonchev–Trinajstić information content (AvgIpc) is 3.30. The van der Waals surface area contributed by atoms with Crippen LogP contribution in [0.4, 0.5) is 5.69 Å². The van der Waals surface area contributed by atoms with Gasteiger partial charge in [0.25, 0.3) is 5.69 Å². The molecule has 1 unspecified atom stereocenters. The van der Waals surface area contributed by atoms with Crippen LogP contribution in [-0.2, 0) is 13.1 Å². The first-order valence-corrected chi connectivity index (χ1v) is 10.6. The van der Waals surface area contributed by atoms with Gasteiger partial charge in [-0.15, -0.1) is 35.3 Å². The highest BCUT2D eigenvalue weighted by molar-refractivity contribution is 14.0. The van der Waals surface area contributed by atoms with E-state index in [0.29, 0.717) is 25.7 Å². The molecule has 3 aromatic rings. The number of guanidine groups is 1. The van der Waals surface area contributed by atoms with E-state index in [1.807, 2.05) is 29.6 Å². The van der Waals surface area contributed by atoms with Gasteiger partial charge >= 0.3 is 0 Å². The Balaban J connectivity index is 0.00000272. The summed E-state index contributed by atoms with van der Waals surface area (Å²) in [5.74, 6) is 1.60. The number of hydrogen-bond donors (Lipinski definition) is 2. The maximum atomic E-state index is 10.8. The molecule has 1 aliphatic rings. The van der Waals surface area contributed by atoms with Crippen molar-refractivity contribution < 1.29 is 9.66 Å². The van der Waals surface area contributed by atoms with Crippen molar-refractivity contribution in [3.05, 3.63) is 92.2 Å². The number of benzene rings is 2. The molecule has 1 aromatic heterocycles. The SMILES string of the molecule is I.O=[N+]([O-])c1ccc(CN=C(NCc2cccs2)NC2CCOc3ccccc32)cc1. The molecule has 1 atom stereocenters. The summed E-state index contributed by atoms with van der Waals surface area (Å²) in [5, 5.41) is 19.8. The highest BCUT2D eigenvalue weighted by Crippen LogP contribution is 2.31. The molecular weight excluding hydrogens is 527 g/mol. The van der Waals surface area contributed by atoms with Crippen LogP contribution < -0.4 is 15.4 Å². The van der Waals surface area contributed by atoms with Crippen LogP contribution in [0.2, 0.25) is 0 Å². The molecule has 2 heterocycles. The van der Waals surface area contributed by atoms with Crippen LogP contribution in [0, 0.1) is 10.1 Å². The van der Waals surface area contributed by atoms with Crippen LogP contribution in [-0.4, -0.2) is 17.5 Å². The quantitative estimate of drug-likeness (QED) is 0.148. The maximum Gasteiger partial charge on any atom is 0.269 e. The minimum atomic E-state index is -0.398. The van der Waals surface area contributed by atoms with Gasteiger partial charge in [0.15, 0.2) is 5.96 Å². The molecule has 0 aliphatic carbocycles. The van der Waals surface area contributed by atoms with Gasteiger partial charge < -0.3 is 15.4 Å². The van der Waals surface area contributed by atoms with Gasteiger partial charge in [0.1, 0.15) is 5.75 Å². The molecule has 2 aromatic carbocycles. The topological polar surface area (TPSA) is 88.8 Å². The van der Waals surface area contributed by atoms with Gasteiger partial charge in [-0.05, 0) is 23.1 Å². The van der Waals surface area contributed by atoms with Crippen molar-refractivity contribution in [3.8, 4) is 5.75 Å². The number of halogens is 1. The first kappa shape index (κ1) is 23.0. The number of nitro groups is 1. The molecule has 2 N–H and O–H groups in total. The van der Waals surface area contributed by atoms with E-state index in [1.165, 1.54) is 17.0 Å². The lowest BCUT2D eigenvalue weighted by Crippen LogP contribution is -2.40. The Bertz CT molecular complexity index is 1030. The van der Waals surface area contributed by atoms with Crippen LogP contribution >= 0.6 is 35.3 Å². The number of nitrogens with zero attached hydrogens (tertiary/aromatic N) is 2. The third kappa shape index (κ3) is 6.17. The molecule has 0 saturated carbocycles. The van der Waals surface area contributed by atoms with Gasteiger partial charge in [0.2, 0.25) is 0 Å². The molecule has 1 aliphatic heterocycles. The van der Waals surface area contributed by atoms with Gasteiger partial charge in [-0.25, -0.2) is 4.99 Å². The minimum absolute atomic E-state index is 0. The Morgan fingerprint density at radius 2 is 1.97 bits per heavy atom. The number of nitro benzene ring substituents is 1. The summed E-state index contributed by atoms with van der Waals surface area (Å²) in [5.41, 5.74) is 2.10. The Labute approximate surface area is 201 Å². The van der Waals surface area contributed by atoms with E-state index in [9.17, 15) is 10.1 Å². The minimum Gasteiger partial charge on any atom is -0.493 e. The fourth-order valence-electron chi connectivity index (χ4n) is 3.29. The lowest BCUT2D eigenvalue weighted by Gasteiger charge is -2.28. The molecule has 162 valence electrons. The standard InChI is InChI=1S/C22H22N4O3S.HI/c27-26(28)17-9-7-16(8-10-17)14-23-22(24-15-18-4-3-13-30-18)25-20-11-12-29-21-6-2-1-5-19(20)21;/h1-10,13,20H,11-12,14-15H2,(H2,23,24,25);1H. The third-order valence-electron chi connectivity index (χ3n) is 4.85. The first-order valence-electron chi connectivity index (χ1n) is 9.71. The van der Waals surface area contributed by atoms with Crippen molar-refractivity contribution in [2.24, 2.45) is 4.99 Å². The van der Waals surface area contributed by atoms with Crippen LogP contribution in [0.3, 0.4) is 0 Å². The largest absolute Gasteiger partial charge is 0.493 e. The second-order valence-electron chi connectivity index (χ2n) is 6.89. The summed E-state index contributed by atoms with van der Waals surface area (Å²) in [7, 11) is 0. The van der Waals surface area contributed by atoms with Crippen LogP contribution in [0.1, 0.15) is 28.5 Å². The molecule has 0 amide bonds. The predicted octanol–water partition coefficient (Wildman–Crippen LogP) is 5.03. The number of non-ortho nitro benzene ring substituents is 1. The zero-order valence-electron chi connectivity index (χ0n) is 16.7. The Kier molecular flexibility index (Phi) is 8.24. The monoisotopic (exact) mass is 550 g/mol. The number of rotatable bonds is 6. The summed E-state index contributed by atoms with van der Waals surface area (Å²) < 4.78 is 5.76. The van der Waals surface area contributed by atoms with E-state index >= 15 is 0 Å². The van der Waals surface area contributed by atoms with E-state index in [2.05, 4.69) is 22.8 Å². The Morgan fingerprint density at radius 1 is 1.16 bits per heavy atom. The molecular formula is C22H23IN4O3S. The summed E-state index contributed by atoms with van der Waals surface area (Å²) in [6, 6.07) is 18.7. The van der Waals surface area contributed by atoms with Gasteiger partial charge in [-0.2, -0.15) is 0 Å². The number of hydrogen-bond acceptors (Lipinski definition) is 5. The lowest BCUT2D eigenvalue weighted by molar-refractivity contribution is -0.384. The third-order valence-corrected chi connectivity index (χ3v) is 5.72. The Morgan fingerprint density at radius 3 is 2.71 bits per heavy atom. The van der Waals surface area contributed by atoms with Gasteiger partial charge in [-0.1, -0.05) is 36.4 Å². The van der Waals surface area contributed by atoms with Crippen molar-refractivity contribution in [1.29, 1.82) is 0 Å². The van der Waals surface area contributed by atoms with Gasteiger partial charge in [-0.3, -0.25) is 10.1 Å². The molecule has 7 nitrogen and oxygen atoms in total. The van der Waals surface area contributed by atoms with E-state index in [-0.39, 0.29) is 35.7 Å². The number of ether oxygens (including phenoxy) is 1. The Hall–Kier alpha value is -2.66. The summed E-state index contributed by atoms with van der Waals surface area (Å²) >= 11 is 1.69. The fourth-order valence-corrected chi connectivity index (χ4v) is 3.93. The molecule has 0 bridgehead atoms. The van der Waals surface area contributed by atoms with Crippen LogP contribution in [0.25, 0.3) is 0 Å². The zero-order valence-corrected chi connectivity index (χ0v) is 19.8. The van der Waals surface area contributed by atoms with Gasteiger partial charge in [0.05, 0.1) is 30.7 Å². The summed E-state index contributed by atoms with van der Waals surface area (Å²) in [6.45, 7) is 1.74. The number of fused-ring (bicyclic) bond motifs is 1. The van der Waals surface area contributed by atoms with Crippen molar-refractivity contribution in [2.75, 3.05) is 6.61 Å². The maximum absolute atomic E-state index is 10.8. The number of para-hydroxylation sites is 1. The average molecular weight is 550 g/mol. The highest BCUT2D eigenvalue weighted by atomic mass is 127. The second-order valence-corrected chi connectivity index (χ2v) is 7.93. The number of nitrogens with one attached hydrogen (secondary N) is 2. The molecule has 0 radical (unpaired) electrons. The van der Waals surface area contributed by atoms with E-state index in [4.69, 9.17) is 9.73 Å². The van der Waals surface area contributed by atoms with Crippen molar-refractivity contribution in [1.82, 2.24) is 10.6 Å². The highest BCUT2D eigenvalue weighted by Gasteiger charge is 2.22. The molecule has 0 spiro atoms. The molecule has 31 heavy (non-hydrogen) atoms. The number of thiophene rings is 1. The second kappa shape index (κ2) is 11.1. The smallest absolute Gasteiger partial charge is 0.269 e. The summed E-state index contributed by atoms with van der Waals surface area (Å²) in [6.07, 6.45) is 0.842. The summed E-state index contributed by atoms with van der Waals surface area (Å²) in [4.78, 5) is 16.4.